The Bertz CT molecular complexity index is 1670. The maximum atomic E-state index is 13.4. The fourth-order valence-electron chi connectivity index (χ4n) is 9.66. The number of carbonyl (C=O) groups excluding carboxylic acids is 2. The van der Waals surface area contributed by atoms with Crippen LogP contribution in [-0.4, -0.2) is 99.6 Å². The van der Waals surface area contributed by atoms with Crippen LogP contribution >= 0.6 is 0 Å². The van der Waals surface area contributed by atoms with E-state index < -0.39 is 67.4 Å². The second-order valence-electron chi connectivity index (χ2n) is 22.1. The lowest BCUT2D eigenvalue weighted by molar-refractivity contribution is -0.305. The van der Waals surface area contributed by atoms with Gasteiger partial charge in [-0.15, -0.1) is 0 Å². The number of aliphatic hydroxyl groups excluding tert-OH is 5. The fraction of sp³-hybridized carbons (Fsp3) is 0.739. The van der Waals surface area contributed by atoms with Crippen LogP contribution in [0.25, 0.3) is 0 Å². The molecular formula is C69H119NO10. The largest absolute Gasteiger partial charge is 0.454 e. The first-order chi connectivity index (χ1) is 39.2. The predicted molar refractivity (Wildman–Crippen MR) is 333 cm³/mol. The molecule has 1 saturated heterocycles. The van der Waals surface area contributed by atoms with Crippen LogP contribution in [0.15, 0.2) is 97.2 Å². The van der Waals surface area contributed by atoms with Crippen molar-refractivity contribution in [2.45, 2.75) is 314 Å². The number of allylic oxidation sites excluding steroid dienone is 15. The van der Waals surface area contributed by atoms with E-state index in [4.69, 9.17) is 14.2 Å². The van der Waals surface area contributed by atoms with Gasteiger partial charge in [0.1, 0.15) is 24.4 Å². The van der Waals surface area contributed by atoms with Crippen molar-refractivity contribution in [2.75, 3.05) is 13.2 Å². The molecule has 0 aliphatic carbocycles. The van der Waals surface area contributed by atoms with Crippen LogP contribution in [0.4, 0.5) is 0 Å². The van der Waals surface area contributed by atoms with Gasteiger partial charge in [-0.05, 0) is 96.3 Å². The Morgan fingerprint density at radius 2 is 0.900 bits per heavy atom. The minimum absolute atomic E-state index is 0.114. The molecule has 0 spiro atoms. The van der Waals surface area contributed by atoms with E-state index in [1.807, 2.05) is 6.08 Å². The van der Waals surface area contributed by atoms with Crippen molar-refractivity contribution in [2.24, 2.45) is 0 Å². The van der Waals surface area contributed by atoms with Gasteiger partial charge in [0.05, 0.1) is 25.4 Å². The average Bonchev–Trinajstić information content (AvgIpc) is 3.46. The third-order valence-corrected chi connectivity index (χ3v) is 14.7. The Morgan fingerprint density at radius 1 is 0.500 bits per heavy atom. The molecule has 0 aromatic carbocycles. The highest BCUT2D eigenvalue weighted by Crippen LogP contribution is 2.26. The molecular weight excluding hydrogens is 1000 g/mol. The number of ether oxygens (including phenoxy) is 3. The van der Waals surface area contributed by atoms with Gasteiger partial charge in [0.25, 0.3) is 0 Å². The third kappa shape index (κ3) is 43.3. The lowest BCUT2D eigenvalue weighted by atomic mass is 9.99. The molecule has 11 nitrogen and oxygen atoms in total. The highest BCUT2D eigenvalue weighted by atomic mass is 16.7. The Hall–Kier alpha value is -3.42. The van der Waals surface area contributed by atoms with Crippen LogP contribution in [0.3, 0.4) is 0 Å². The number of esters is 1. The van der Waals surface area contributed by atoms with Gasteiger partial charge in [-0.2, -0.15) is 0 Å². The van der Waals surface area contributed by atoms with E-state index in [0.717, 1.165) is 128 Å². The molecule has 0 saturated carbocycles. The summed E-state index contributed by atoms with van der Waals surface area (Å²) in [5, 5.41) is 57.0. The molecule has 1 amide bonds. The topological polar surface area (TPSA) is 175 Å². The van der Waals surface area contributed by atoms with Gasteiger partial charge < -0.3 is 45.1 Å². The molecule has 1 aliphatic heterocycles. The molecule has 80 heavy (non-hydrogen) atoms. The lowest BCUT2D eigenvalue weighted by Gasteiger charge is -2.41. The van der Waals surface area contributed by atoms with Crippen LogP contribution in [0, 0.1) is 0 Å². The first kappa shape index (κ1) is 74.6. The smallest absolute Gasteiger partial charge is 0.306 e. The number of aliphatic hydroxyl groups is 5. The zero-order chi connectivity index (χ0) is 58.2. The number of hydrogen-bond donors (Lipinski definition) is 6. The summed E-state index contributed by atoms with van der Waals surface area (Å²) >= 11 is 0. The van der Waals surface area contributed by atoms with E-state index in [0.29, 0.717) is 12.8 Å². The standard InChI is InChI=1S/C69H119NO10/c1-4-7-10-13-16-19-22-24-25-26-27-28-29-30-31-32-33-34-35-36-37-39-42-45-48-51-54-57-64(74)80-67-66(76)65(75)63(58-71)79-69(67)78-59-60(61(72)55-52-49-46-43-40-21-18-15-12-9-6-3)70-68(77)62(73)56-53-50-47-44-41-38-23-20-17-14-11-8-5-2/h7-8,10-11,16-17,19-20,24-25,27-28,30-31,52,55,60-63,65-67,69,71-73,75-76H,4-6,9,12-15,18,21-23,26,29,32-51,53-54,56-59H2,1-3H3,(H,70,77)/b10-7-,11-8+,19-16-,20-17+,25-24-,28-27-,31-30-,55-52+. The van der Waals surface area contributed by atoms with E-state index in [9.17, 15) is 35.1 Å². The van der Waals surface area contributed by atoms with Crippen molar-refractivity contribution >= 4 is 11.9 Å². The highest BCUT2D eigenvalue weighted by Gasteiger charge is 2.47. The Labute approximate surface area is 488 Å². The third-order valence-electron chi connectivity index (χ3n) is 14.7. The zero-order valence-electron chi connectivity index (χ0n) is 50.9. The Balaban J connectivity index is 2.56. The molecule has 1 rings (SSSR count). The van der Waals surface area contributed by atoms with Crippen LogP contribution in [0.5, 0.6) is 0 Å². The summed E-state index contributed by atoms with van der Waals surface area (Å²) < 4.78 is 17.6. The SMILES string of the molecule is CC/C=C\C/C=C\C/C=C\C/C=C\C/C=C\CCCCCCCCCCCCCC(=O)OC1C(OCC(NC(=O)C(O)CCCCCCCC/C=C/C/C=C/CC)C(O)/C=C/CCCCCCCCCCC)OC(CO)C(O)C1O. The predicted octanol–water partition coefficient (Wildman–Crippen LogP) is 15.9. The summed E-state index contributed by atoms with van der Waals surface area (Å²) in [4.78, 5) is 26.6. The molecule has 1 aliphatic rings. The number of nitrogens with one attached hydrogen (secondary N) is 1. The van der Waals surface area contributed by atoms with E-state index in [-0.39, 0.29) is 19.4 Å². The first-order valence-electron chi connectivity index (χ1n) is 32.5. The minimum Gasteiger partial charge on any atom is -0.454 e. The zero-order valence-corrected chi connectivity index (χ0v) is 50.9. The fourth-order valence-corrected chi connectivity index (χ4v) is 9.66. The number of carbonyl (C=O) groups is 2. The van der Waals surface area contributed by atoms with Crippen LogP contribution in [-0.2, 0) is 23.8 Å². The summed E-state index contributed by atoms with van der Waals surface area (Å²) in [7, 11) is 0. The summed E-state index contributed by atoms with van der Waals surface area (Å²) in [6.07, 6.45) is 64.5. The second-order valence-corrected chi connectivity index (χ2v) is 22.1. The van der Waals surface area contributed by atoms with Gasteiger partial charge in [-0.25, -0.2) is 0 Å². The molecule has 0 bridgehead atoms. The van der Waals surface area contributed by atoms with Crippen molar-refractivity contribution < 1.29 is 49.3 Å². The van der Waals surface area contributed by atoms with E-state index in [1.165, 1.54) is 89.9 Å². The summed E-state index contributed by atoms with van der Waals surface area (Å²) in [6, 6.07) is -1.03. The molecule has 1 fully saturated rings. The van der Waals surface area contributed by atoms with Gasteiger partial charge in [0.15, 0.2) is 12.4 Å². The molecule has 0 aromatic heterocycles. The van der Waals surface area contributed by atoms with Gasteiger partial charge in [0, 0.05) is 6.42 Å². The van der Waals surface area contributed by atoms with Crippen LogP contribution in [0.2, 0.25) is 0 Å². The summed E-state index contributed by atoms with van der Waals surface area (Å²) in [5.41, 5.74) is 0. The molecule has 0 radical (unpaired) electrons. The number of amides is 1. The van der Waals surface area contributed by atoms with E-state index in [1.54, 1.807) is 6.08 Å². The molecule has 1 heterocycles. The van der Waals surface area contributed by atoms with Crippen LogP contribution in [0.1, 0.15) is 265 Å². The van der Waals surface area contributed by atoms with Gasteiger partial charge in [-0.1, -0.05) is 259 Å². The molecule has 0 aromatic rings. The van der Waals surface area contributed by atoms with Gasteiger partial charge in [0.2, 0.25) is 5.91 Å². The van der Waals surface area contributed by atoms with Crippen molar-refractivity contribution in [3.63, 3.8) is 0 Å². The normalized spacial score (nSPS) is 19.4. The van der Waals surface area contributed by atoms with Crippen molar-refractivity contribution in [3.05, 3.63) is 97.2 Å². The molecule has 6 N–H and O–H groups in total. The molecule has 460 valence electrons. The molecule has 8 atom stereocenters. The minimum atomic E-state index is -1.62. The second kappa shape index (κ2) is 56.1. The van der Waals surface area contributed by atoms with Crippen molar-refractivity contribution in [1.29, 1.82) is 0 Å². The average molecular weight is 1120 g/mol. The van der Waals surface area contributed by atoms with Crippen LogP contribution < -0.4 is 5.32 Å². The molecule has 11 heteroatoms. The lowest BCUT2D eigenvalue weighted by Crippen LogP contribution is -2.61. The summed E-state index contributed by atoms with van der Waals surface area (Å²) in [6.45, 7) is 5.55. The highest BCUT2D eigenvalue weighted by molar-refractivity contribution is 5.80. The maximum absolute atomic E-state index is 13.4. The Kier molecular flexibility index (Phi) is 52.3. The van der Waals surface area contributed by atoms with Gasteiger partial charge in [-0.3, -0.25) is 9.59 Å². The number of rotatable bonds is 54. The Morgan fingerprint density at radius 3 is 1.35 bits per heavy atom. The monoisotopic (exact) mass is 1120 g/mol. The number of unbranched alkanes of at least 4 members (excludes halogenated alkanes) is 26. The number of hydrogen-bond acceptors (Lipinski definition) is 10. The van der Waals surface area contributed by atoms with E-state index in [2.05, 4.69) is 111 Å². The van der Waals surface area contributed by atoms with Crippen molar-refractivity contribution in [3.8, 4) is 0 Å². The molecule has 8 unspecified atom stereocenters. The van der Waals surface area contributed by atoms with Gasteiger partial charge >= 0.3 is 5.97 Å². The quantitative estimate of drug-likeness (QED) is 0.0195. The summed E-state index contributed by atoms with van der Waals surface area (Å²) in [5.74, 6) is -1.21. The van der Waals surface area contributed by atoms with E-state index >= 15 is 0 Å². The van der Waals surface area contributed by atoms with Crippen molar-refractivity contribution in [1.82, 2.24) is 5.32 Å². The maximum Gasteiger partial charge on any atom is 0.306 e. The first-order valence-corrected chi connectivity index (χ1v) is 32.5.